The summed E-state index contributed by atoms with van der Waals surface area (Å²) in [6.45, 7) is 0. The van der Waals surface area contributed by atoms with Crippen LogP contribution < -0.4 is 68.4 Å². The minimum Gasteiger partial charge on any atom is 1.00 e. The Hall–Kier alpha value is 3.34. The summed E-state index contributed by atoms with van der Waals surface area (Å²) in [6.07, 6.45) is 0. The second kappa shape index (κ2) is 16.2. The molecule has 0 aromatic carbocycles. The van der Waals surface area contributed by atoms with Crippen molar-refractivity contribution < 1.29 is 93.3 Å². The van der Waals surface area contributed by atoms with E-state index in [1.165, 1.54) is 0 Å². The largest absolute Gasteiger partial charge is 1.00 e. The van der Waals surface area contributed by atoms with Crippen LogP contribution >= 0.6 is 8.25 Å². The van der Waals surface area contributed by atoms with Gasteiger partial charge in [-0.3, -0.25) is 0 Å². The van der Waals surface area contributed by atoms with Crippen molar-refractivity contribution in [2.45, 2.75) is 0 Å². The predicted octanol–water partition coefficient (Wildman–Crippen LogP) is -5.30. The van der Waals surface area contributed by atoms with Gasteiger partial charge in [0.1, 0.15) is 0 Å². The summed E-state index contributed by atoms with van der Waals surface area (Å²) in [7, 11) is 4.83. The van der Waals surface area contributed by atoms with Gasteiger partial charge in [0.2, 0.25) is 0 Å². The van der Waals surface area contributed by atoms with E-state index in [0.717, 1.165) is 0 Å². The van der Waals surface area contributed by atoms with Gasteiger partial charge in [0.25, 0.3) is 0 Å². The first-order valence-electron chi connectivity index (χ1n) is 0.267. The molecule has 0 aliphatic heterocycles. The molecule has 0 aromatic heterocycles. The Bertz CT molecular complexity index is 8.00. The van der Waals surface area contributed by atoms with Crippen LogP contribution in [0.25, 0.3) is 0 Å². The van der Waals surface area contributed by atoms with Crippen molar-refractivity contribution in [1.29, 1.82) is 0 Å². The summed E-state index contributed by atoms with van der Waals surface area (Å²) in [5.41, 5.74) is 0. The molecule has 17 valence electrons. The molecule has 0 heterocycles. The van der Waals surface area contributed by atoms with Gasteiger partial charge in [-0.05, 0) is 0 Å². The average molecular weight is 355 g/mol. The Balaban J connectivity index is -0.00000000500. The van der Waals surface area contributed by atoms with E-state index in [4.69, 9.17) is 8.25 Å². The van der Waals surface area contributed by atoms with Crippen molar-refractivity contribution >= 4 is 8.25 Å². The fraction of sp³-hybridized carbons (Fsp3) is 0. The molecule has 0 bridgehead atoms. The third-order valence-electron chi connectivity index (χ3n) is 0. The standard InChI is InChI=1S/BrH.ClH.Hg.K/h2*1H;;/q;;2*+1/p-2. The summed E-state index contributed by atoms with van der Waals surface area (Å²) in [5, 5.41) is 0. The van der Waals surface area contributed by atoms with Crippen molar-refractivity contribution in [3.05, 3.63) is 0 Å². The Kier molecular flexibility index (Phi) is 63.5. The quantitative estimate of drug-likeness (QED) is 0.381. The number of hydrogen-bond acceptors (Lipinski definition) is 0. The maximum absolute atomic E-state index is 4.83. The monoisotopic (exact) mass is 355 g/mol. The zero-order valence-electron chi connectivity index (χ0n) is 2.46. The number of hydrogen-bond donors (Lipinski definition) is 0. The van der Waals surface area contributed by atoms with Crippen molar-refractivity contribution in [2.24, 2.45) is 0 Å². The van der Waals surface area contributed by atoms with Crippen LogP contribution in [-0.4, -0.2) is 0 Å². The van der Waals surface area contributed by atoms with Crippen molar-refractivity contribution in [1.82, 2.24) is 0 Å². The van der Waals surface area contributed by atoms with E-state index in [1.807, 2.05) is 0 Å². The molecule has 0 saturated carbocycles. The van der Waals surface area contributed by atoms with E-state index in [-0.39, 0.29) is 68.4 Å². The van der Waals surface area contributed by atoms with Crippen molar-refractivity contribution in [2.75, 3.05) is 0 Å². The van der Waals surface area contributed by atoms with E-state index in [1.54, 1.807) is 0 Å². The minimum atomic E-state index is 0. The Morgan fingerprint density at radius 1 is 1.25 bits per heavy atom. The first-order chi connectivity index (χ1) is 1.00. The van der Waals surface area contributed by atoms with E-state index in [2.05, 4.69) is 0 Å². The molecule has 0 aliphatic rings. The van der Waals surface area contributed by atoms with Gasteiger partial charge < -0.3 is 17.0 Å². The smallest absolute Gasteiger partial charge is 1.00 e. The molecular formula is BrClHgK. The molecule has 4 heavy (non-hydrogen) atoms. The zero-order chi connectivity index (χ0) is 2.00. The molecule has 0 spiro atoms. The zero-order valence-corrected chi connectivity index (χ0v) is 13.4. The first-order valence-corrected chi connectivity index (χ1v) is 7.04. The van der Waals surface area contributed by atoms with Gasteiger partial charge in [-0.25, -0.2) is 0 Å². The molecule has 0 nitrogen and oxygen atoms in total. The van der Waals surface area contributed by atoms with Gasteiger partial charge in [0, 0.05) is 0 Å². The number of halogens is 2. The van der Waals surface area contributed by atoms with Crippen LogP contribution in [0.1, 0.15) is 0 Å². The van der Waals surface area contributed by atoms with Gasteiger partial charge >= 0.3 is 84.5 Å². The van der Waals surface area contributed by atoms with Crippen LogP contribution in [0, 0.1) is 0 Å². The van der Waals surface area contributed by atoms with E-state index in [9.17, 15) is 0 Å². The minimum absolute atomic E-state index is 0. The van der Waals surface area contributed by atoms with Crippen molar-refractivity contribution in [3.63, 3.8) is 0 Å². The summed E-state index contributed by atoms with van der Waals surface area (Å²) in [6, 6.07) is 0. The van der Waals surface area contributed by atoms with Gasteiger partial charge in [-0.1, -0.05) is 0 Å². The molecule has 0 aliphatic carbocycles. The normalized spacial score (nSPS) is 1.75. The molecule has 0 aromatic rings. The summed E-state index contributed by atoms with van der Waals surface area (Å²) >= 11 is 0.500. The third-order valence-corrected chi connectivity index (χ3v) is 0. The van der Waals surface area contributed by atoms with E-state index >= 15 is 0 Å². The SMILES string of the molecule is [Br-].[Cl][Hg].[K+]. The van der Waals surface area contributed by atoms with E-state index < -0.39 is 0 Å². The van der Waals surface area contributed by atoms with Crippen LogP contribution in [0.3, 0.4) is 0 Å². The summed E-state index contributed by atoms with van der Waals surface area (Å²) in [4.78, 5) is 0. The summed E-state index contributed by atoms with van der Waals surface area (Å²) < 4.78 is 0. The topological polar surface area (TPSA) is 0 Å². The Labute approximate surface area is 98.6 Å². The molecule has 4 heteroatoms. The molecule has 0 rings (SSSR count). The molecular weight excluding hydrogens is 355 g/mol. The average Bonchev–Trinajstić information content (AvgIpc) is 1.00. The van der Waals surface area contributed by atoms with Crippen LogP contribution in [0.4, 0.5) is 0 Å². The third kappa shape index (κ3) is 9.02. The second-order valence-electron chi connectivity index (χ2n) is 0. The first kappa shape index (κ1) is 15.7. The second-order valence-corrected chi connectivity index (χ2v) is 0. The van der Waals surface area contributed by atoms with Crippen LogP contribution in [0.2, 0.25) is 0 Å². The Morgan fingerprint density at radius 3 is 1.25 bits per heavy atom. The van der Waals surface area contributed by atoms with Gasteiger partial charge in [-0.2, -0.15) is 0 Å². The fourth-order valence-corrected chi connectivity index (χ4v) is 0. The molecule has 0 radical (unpaired) electrons. The molecule has 0 unspecified atom stereocenters. The molecule has 0 amide bonds. The van der Waals surface area contributed by atoms with Gasteiger partial charge in [0.05, 0.1) is 0 Å². The maximum Gasteiger partial charge on any atom is 1.00 e. The van der Waals surface area contributed by atoms with Crippen LogP contribution in [0.5, 0.6) is 0 Å². The molecule has 0 atom stereocenters. The predicted molar refractivity (Wildman–Crippen MR) is 5.85 cm³/mol. The van der Waals surface area contributed by atoms with Crippen LogP contribution in [0.15, 0.2) is 0 Å². The van der Waals surface area contributed by atoms with E-state index in [0.29, 0.717) is 24.9 Å². The van der Waals surface area contributed by atoms with Gasteiger partial charge in [0.15, 0.2) is 0 Å². The Morgan fingerprint density at radius 2 is 1.25 bits per heavy atom. The molecule has 0 saturated heterocycles. The number of rotatable bonds is 0. The van der Waals surface area contributed by atoms with Crippen molar-refractivity contribution in [3.8, 4) is 0 Å². The molecule has 0 N–H and O–H groups in total. The van der Waals surface area contributed by atoms with Gasteiger partial charge in [-0.15, -0.1) is 0 Å². The van der Waals surface area contributed by atoms with Crippen LogP contribution in [-0.2, 0) is 24.9 Å². The summed E-state index contributed by atoms with van der Waals surface area (Å²) in [5.74, 6) is 0. The molecule has 0 fully saturated rings. The maximum atomic E-state index is 4.83. The fourth-order valence-electron chi connectivity index (χ4n) is 0.